The van der Waals surface area contributed by atoms with Gasteiger partial charge < -0.3 is 15.3 Å². The van der Waals surface area contributed by atoms with Crippen LogP contribution in [0.3, 0.4) is 0 Å². The van der Waals surface area contributed by atoms with Gasteiger partial charge in [0.25, 0.3) is 0 Å². The maximum Gasteiger partial charge on any atom is 0.317 e. The van der Waals surface area contributed by atoms with Crippen molar-refractivity contribution in [2.24, 2.45) is 11.3 Å². The van der Waals surface area contributed by atoms with Crippen LogP contribution in [0, 0.1) is 11.3 Å². The maximum atomic E-state index is 12.2. The summed E-state index contributed by atoms with van der Waals surface area (Å²) < 4.78 is 0. The quantitative estimate of drug-likeness (QED) is 0.834. The molecule has 1 heterocycles. The lowest BCUT2D eigenvalue weighted by Crippen LogP contribution is -2.49. The van der Waals surface area contributed by atoms with Crippen molar-refractivity contribution in [2.45, 2.75) is 59.4 Å². The van der Waals surface area contributed by atoms with Crippen LogP contribution in [0.15, 0.2) is 0 Å². The van der Waals surface area contributed by atoms with Gasteiger partial charge in [0.1, 0.15) is 0 Å². The highest BCUT2D eigenvalue weighted by atomic mass is 16.4. The Morgan fingerprint density at radius 1 is 1.25 bits per heavy atom. The van der Waals surface area contributed by atoms with Crippen molar-refractivity contribution in [2.75, 3.05) is 13.1 Å². The minimum atomic E-state index is -0.832. The van der Waals surface area contributed by atoms with E-state index in [1.54, 1.807) is 0 Å². The Balaban J connectivity index is 2.49. The maximum absolute atomic E-state index is 12.2. The normalized spacial score (nSPS) is 20.1. The fourth-order valence-corrected chi connectivity index (χ4v) is 2.50. The zero-order chi connectivity index (χ0) is 15.6. The smallest absolute Gasteiger partial charge is 0.317 e. The molecule has 0 spiro atoms. The van der Waals surface area contributed by atoms with Gasteiger partial charge in [-0.1, -0.05) is 20.8 Å². The number of amides is 2. The summed E-state index contributed by atoms with van der Waals surface area (Å²) in [5.41, 5.74) is -0.275. The Morgan fingerprint density at radius 2 is 1.85 bits per heavy atom. The zero-order valence-corrected chi connectivity index (χ0v) is 13.3. The predicted molar refractivity (Wildman–Crippen MR) is 78.6 cm³/mol. The highest BCUT2D eigenvalue weighted by Gasteiger charge is 2.35. The molecule has 1 aliphatic heterocycles. The van der Waals surface area contributed by atoms with Crippen LogP contribution >= 0.6 is 0 Å². The Labute approximate surface area is 121 Å². The molecule has 0 saturated carbocycles. The predicted octanol–water partition coefficient (Wildman–Crippen LogP) is 2.71. The van der Waals surface area contributed by atoms with Gasteiger partial charge in [-0.05, 0) is 38.0 Å². The van der Waals surface area contributed by atoms with Crippen LogP contribution in [0.25, 0.3) is 0 Å². The van der Waals surface area contributed by atoms with E-state index < -0.39 is 11.5 Å². The van der Waals surface area contributed by atoms with Crippen molar-refractivity contribution < 1.29 is 14.7 Å². The van der Waals surface area contributed by atoms with Crippen molar-refractivity contribution in [1.29, 1.82) is 0 Å². The molecule has 0 aromatic rings. The molecule has 20 heavy (non-hydrogen) atoms. The first kappa shape index (κ1) is 16.8. The molecular weight excluding hydrogens is 256 g/mol. The Kier molecular flexibility index (Phi) is 5.05. The molecule has 2 amide bonds. The standard InChI is InChI=1S/C15H28N2O3/c1-14(2,3)11-7-9-17(10-11)13(20)16-15(4,5)8-6-12(18)19/h11H,6-10H2,1-5H3,(H,16,20)(H,18,19). The Morgan fingerprint density at radius 3 is 2.30 bits per heavy atom. The molecule has 5 nitrogen and oxygen atoms in total. The minimum Gasteiger partial charge on any atom is -0.481 e. The van der Waals surface area contributed by atoms with Crippen LogP contribution in [0.5, 0.6) is 0 Å². The number of urea groups is 1. The molecule has 0 aliphatic carbocycles. The number of hydrogen-bond acceptors (Lipinski definition) is 2. The molecule has 1 unspecified atom stereocenters. The summed E-state index contributed by atoms with van der Waals surface area (Å²) in [6.07, 6.45) is 1.54. The molecule has 0 aromatic heterocycles. The number of rotatable bonds is 4. The van der Waals surface area contributed by atoms with E-state index >= 15 is 0 Å². The van der Waals surface area contributed by atoms with Gasteiger partial charge in [-0.3, -0.25) is 4.79 Å². The fraction of sp³-hybridized carbons (Fsp3) is 0.867. The van der Waals surface area contributed by atoms with E-state index in [-0.39, 0.29) is 17.9 Å². The topological polar surface area (TPSA) is 69.6 Å². The van der Waals surface area contributed by atoms with Crippen molar-refractivity contribution >= 4 is 12.0 Å². The molecule has 1 rings (SSSR count). The van der Waals surface area contributed by atoms with Gasteiger partial charge in [0.05, 0.1) is 0 Å². The first-order valence-electron chi connectivity index (χ1n) is 7.30. The van der Waals surface area contributed by atoms with Gasteiger partial charge in [-0.25, -0.2) is 4.79 Å². The van der Waals surface area contributed by atoms with Crippen LogP contribution in [0.2, 0.25) is 0 Å². The van der Waals surface area contributed by atoms with Crippen molar-refractivity contribution in [3.8, 4) is 0 Å². The summed E-state index contributed by atoms with van der Waals surface area (Å²) in [4.78, 5) is 24.7. The Bertz CT molecular complexity index is 372. The molecule has 0 bridgehead atoms. The molecule has 1 saturated heterocycles. The van der Waals surface area contributed by atoms with Crippen molar-refractivity contribution in [3.63, 3.8) is 0 Å². The van der Waals surface area contributed by atoms with Crippen LogP contribution in [-0.4, -0.2) is 40.6 Å². The number of carboxylic acids is 1. The molecule has 1 aliphatic rings. The average Bonchev–Trinajstić information content (AvgIpc) is 2.74. The third kappa shape index (κ3) is 5.02. The zero-order valence-electron chi connectivity index (χ0n) is 13.3. The van der Waals surface area contributed by atoms with Crippen molar-refractivity contribution in [1.82, 2.24) is 10.2 Å². The molecule has 5 heteroatoms. The van der Waals surface area contributed by atoms with E-state index in [0.717, 1.165) is 19.5 Å². The minimum absolute atomic E-state index is 0.0674. The molecule has 0 aromatic carbocycles. The third-order valence-electron chi connectivity index (χ3n) is 4.11. The van der Waals surface area contributed by atoms with Gasteiger partial charge in [0.2, 0.25) is 0 Å². The number of carbonyl (C=O) groups is 2. The molecule has 2 N–H and O–H groups in total. The van der Waals surface area contributed by atoms with Gasteiger partial charge in [-0.15, -0.1) is 0 Å². The van der Waals surface area contributed by atoms with E-state index in [1.165, 1.54) is 0 Å². The molecular formula is C15H28N2O3. The molecule has 116 valence electrons. The summed E-state index contributed by atoms with van der Waals surface area (Å²) in [5.74, 6) is -0.309. The summed E-state index contributed by atoms with van der Waals surface area (Å²) in [7, 11) is 0. The van der Waals surface area contributed by atoms with E-state index in [1.807, 2.05) is 18.7 Å². The van der Waals surface area contributed by atoms with E-state index in [2.05, 4.69) is 26.1 Å². The summed E-state index contributed by atoms with van der Waals surface area (Å²) in [5, 5.41) is 11.7. The van der Waals surface area contributed by atoms with Gasteiger partial charge >= 0.3 is 12.0 Å². The lowest BCUT2D eigenvalue weighted by molar-refractivity contribution is -0.137. The molecule has 1 atom stereocenters. The highest BCUT2D eigenvalue weighted by molar-refractivity contribution is 5.75. The molecule has 0 radical (unpaired) electrons. The SMILES string of the molecule is CC(C)(CCC(=O)O)NC(=O)N1CCC(C(C)(C)C)C1. The first-order chi connectivity index (χ1) is 9.01. The van der Waals surface area contributed by atoms with E-state index in [4.69, 9.17) is 5.11 Å². The second-order valence-electron chi connectivity index (χ2n) is 7.51. The lowest BCUT2D eigenvalue weighted by Gasteiger charge is -2.30. The van der Waals surface area contributed by atoms with Crippen LogP contribution < -0.4 is 5.32 Å². The number of nitrogens with one attached hydrogen (secondary N) is 1. The highest BCUT2D eigenvalue weighted by Crippen LogP contribution is 2.33. The third-order valence-corrected chi connectivity index (χ3v) is 4.11. The monoisotopic (exact) mass is 284 g/mol. The van der Waals surface area contributed by atoms with Gasteiger partial charge in [0, 0.05) is 25.0 Å². The number of likely N-dealkylation sites (tertiary alicyclic amines) is 1. The second kappa shape index (κ2) is 6.02. The van der Waals surface area contributed by atoms with Crippen LogP contribution in [0.1, 0.15) is 53.9 Å². The second-order valence-corrected chi connectivity index (χ2v) is 7.51. The number of hydrogen-bond donors (Lipinski definition) is 2. The van der Waals surface area contributed by atoms with Crippen LogP contribution in [-0.2, 0) is 4.79 Å². The summed E-state index contributed by atoms with van der Waals surface area (Å²) in [6, 6.07) is -0.0767. The number of carbonyl (C=O) groups excluding carboxylic acids is 1. The van der Waals surface area contributed by atoms with Crippen molar-refractivity contribution in [3.05, 3.63) is 0 Å². The number of carboxylic acid groups (broad SMARTS) is 1. The summed E-state index contributed by atoms with van der Waals surface area (Å²) >= 11 is 0. The largest absolute Gasteiger partial charge is 0.481 e. The fourth-order valence-electron chi connectivity index (χ4n) is 2.50. The van der Waals surface area contributed by atoms with Gasteiger partial charge in [0.15, 0.2) is 0 Å². The number of nitrogens with zero attached hydrogens (tertiary/aromatic N) is 1. The van der Waals surface area contributed by atoms with E-state index in [0.29, 0.717) is 12.3 Å². The van der Waals surface area contributed by atoms with E-state index in [9.17, 15) is 9.59 Å². The first-order valence-corrected chi connectivity index (χ1v) is 7.30. The summed E-state index contributed by atoms with van der Waals surface area (Å²) in [6.45, 7) is 11.9. The van der Waals surface area contributed by atoms with Crippen LogP contribution in [0.4, 0.5) is 4.79 Å². The van der Waals surface area contributed by atoms with Gasteiger partial charge in [-0.2, -0.15) is 0 Å². The lowest BCUT2D eigenvalue weighted by atomic mass is 9.80. The average molecular weight is 284 g/mol. The molecule has 1 fully saturated rings. The number of aliphatic carboxylic acids is 1. The Hall–Kier alpha value is -1.26.